The number of hydrogen-bond donors (Lipinski definition) is 0. The van der Waals surface area contributed by atoms with E-state index in [1.165, 1.54) is 0 Å². The maximum absolute atomic E-state index is 13.3. The Balaban J connectivity index is 1.53. The van der Waals surface area contributed by atoms with Crippen LogP contribution in [0.4, 0.5) is 0 Å². The quantitative estimate of drug-likeness (QED) is 0.112. The van der Waals surface area contributed by atoms with Crippen molar-refractivity contribution < 1.29 is 23.9 Å². The highest BCUT2D eigenvalue weighted by Crippen LogP contribution is 2.25. The average Bonchev–Trinajstić information content (AvgIpc) is 2.98. The predicted octanol–water partition coefficient (Wildman–Crippen LogP) is 8.55. The highest BCUT2D eigenvalue weighted by atomic mass is 35.5. The van der Waals surface area contributed by atoms with Gasteiger partial charge in [0, 0.05) is 23.8 Å². The van der Waals surface area contributed by atoms with E-state index in [0.29, 0.717) is 30.9 Å². The van der Waals surface area contributed by atoms with Gasteiger partial charge in [0.05, 0.1) is 13.0 Å². The molecule has 0 saturated carbocycles. The number of benzene rings is 3. The molecule has 5 nitrogen and oxygen atoms in total. The molecule has 0 aliphatic carbocycles. The molecule has 0 heterocycles. The smallest absolute Gasteiger partial charge is 0.306 e. The van der Waals surface area contributed by atoms with E-state index in [-0.39, 0.29) is 30.7 Å². The first-order valence-corrected chi connectivity index (χ1v) is 15.0. The molecule has 0 spiro atoms. The number of hydrogen-bond acceptors (Lipinski definition) is 5. The third-order valence-electron chi connectivity index (χ3n) is 7.02. The molecule has 1 atom stereocenters. The molecular weight excluding hydrogens is 536 g/mol. The van der Waals surface area contributed by atoms with Gasteiger partial charge in [-0.1, -0.05) is 105 Å². The number of esters is 2. The number of Topliss-reactive ketones (excluding diaryl/α,β-unsaturated/α-hetero) is 1. The van der Waals surface area contributed by atoms with Crippen molar-refractivity contribution in [2.24, 2.45) is 5.92 Å². The Bertz CT molecular complexity index is 1220. The molecule has 3 aromatic rings. The van der Waals surface area contributed by atoms with Gasteiger partial charge >= 0.3 is 11.9 Å². The highest BCUT2D eigenvalue weighted by Gasteiger charge is 2.23. The van der Waals surface area contributed by atoms with E-state index in [2.05, 4.69) is 6.92 Å². The molecule has 3 rings (SSSR count). The fourth-order valence-corrected chi connectivity index (χ4v) is 4.80. The average molecular weight is 577 g/mol. The van der Waals surface area contributed by atoms with E-state index < -0.39 is 5.92 Å². The largest absolute Gasteiger partial charge is 0.466 e. The van der Waals surface area contributed by atoms with Crippen molar-refractivity contribution in [3.63, 3.8) is 0 Å². The molecule has 0 N–H and O–H groups in total. The molecule has 41 heavy (non-hydrogen) atoms. The Labute approximate surface area is 249 Å². The van der Waals surface area contributed by atoms with Crippen LogP contribution in [0.3, 0.4) is 0 Å². The summed E-state index contributed by atoms with van der Waals surface area (Å²) in [5, 5.41) is 0.679. The third kappa shape index (κ3) is 12.3. The maximum Gasteiger partial charge on any atom is 0.306 e. The molecule has 0 fully saturated rings. The molecule has 0 bridgehead atoms. The lowest BCUT2D eigenvalue weighted by Gasteiger charge is -2.16. The molecule has 0 unspecified atom stereocenters. The van der Waals surface area contributed by atoms with E-state index in [0.717, 1.165) is 60.8 Å². The molecule has 3 aromatic carbocycles. The second-order valence-electron chi connectivity index (χ2n) is 10.4. The van der Waals surface area contributed by atoms with Crippen LogP contribution in [0.25, 0.3) is 11.1 Å². The minimum absolute atomic E-state index is 0.0469. The Morgan fingerprint density at radius 3 is 2.15 bits per heavy atom. The van der Waals surface area contributed by atoms with Gasteiger partial charge in [-0.25, -0.2) is 0 Å². The van der Waals surface area contributed by atoms with Crippen molar-refractivity contribution in [2.75, 3.05) is 6.61 Å². The summed E-state index contributed by atoms with van der Waals surface area (Å²) in [5.74, 6) is -0.905. The van der Waals surface area contributed by atoms with E-state index >= 15 is 0 Å². The van der Waals surface area contributed by atoms with Gasteiger partial charge in [-0.15, -0.1) is 0 Å². The minimum atomic E-state index is -0.455. The van der Waals surface area contributed by atoms with Crippen molar-refractivity contribution >= 4 is 29.3 Å². The van der Waals surface area contributed by atoms with Crippen LogP contribution in [0.1, 0.15) is 75.8 Å². The van der Waals surface area contributed by atoms with Crippen LogP contribution in [0.15, 0.2) is 78.9 Å². The normalized spacial score (nSPS) is 11.6. The number of carbonyl (C=O) groups excluding carboxylic acids is 3. The lowest BCUT2D eigenvalue weighted by Crippen LogP contribution is -2.22. The van der Waals surface area contributed by atoms with Gasteiger partial charge in [0.15, 0.2) is 0 Å². The van der Waals surface area contributed by atoms with Crippen molar-refractivity contribution in [3.05, 3.63) is 95.0 Å². The van der Waals surface area contributed by atoms with Crippen molar-refractivity contribution in [1.82, 2.24) is 0 Å². The van der Waals surface area contributed by atoms with Crippen molar-refractivity contribution in [1.29, 1.82) is 0 Å². The standard InChI is InChI=1S/C35H41ClO5/c1-2-3-22-40-34(38)17-10-5-4-9-16-33(37)31(25-35(39)41-26-28-12-7-6-8-13-28)23-27-18-20-29(21-19-27)30-14-11-15-32(36)24-30/h6-8,11-15,18-21,24,31H,2-5,9-10,16-17,22-23,25-26H2,1H3/t31-/m1/s1. The Morgan fingerprint density at radius 2 is 1.44 bits per heavy atom. The van der Waals surface area contributed by atoms with Gasteiger partial charge in [-0.05, 0) is 60.1 Å². The highest BCUT2D eigenvalue weighted by molar-refractivity contribution is 6.30. The summed E-state index contributed by atoms with van der Waals surface area (Å²) in [5.41, 5.74) is 3.96. The van der Waals surface area contributed by atoms with Gasteiger partial charge in [0.2, 0.25) is 0 Å². The van der Waals surface area contributed by atoms with Crippen LogP contribution in [0.5, 0.6) is 0 Å². The van der Waals surface area contributed by atoms with Gasteiger partial charge in [-0.2, -0.15) is 0 Å². The number of rotatable bonds is 18. The summed E-state index contributed by atoms with van der Waals surface area (Å²) in [7, 11) is 0. The molecule has 6 heteroatoms. The van der Waals surface area contributed by atoms with Crippen LogP contribution >= 0.6 is 11.6 Å². The maximum atomic E-state index is 13.3. The van der Waals surface area contributed by atoms with Gasteiger partial charge in [-0.3, -0.25) is 14.4 Å². The molecule has 0 radical (unpaired) electrons. The monoisotopic (exact) mass is 576 g/mol. The van der Waals surface area contributed by atoms with Crippen molar-refractivity contribution in [2.45, 2.75) is 77.7 Å². The Kier molecular flexibility index (Phi) is 14.2. The topological polar surface area (TPSA) is 69.7 Å². The summed E-state index contributed by atoms with van der Waals surface area (Å²) in [6, 6.07) is 25.3. The van der Waals surface area contributed by atoms with Gasteiger partial charge in [0.1, 0.15) is 12.4 Å². The summed E-state index contributed by atoms with van der Waals surface area (Å²) < 4.78 is 10.7. The van der Waals surface area contributed by atoms with E-state index in [1.54, 1.807) is 0 Å². The van der Waals surface area contributed by atoms with Crippen LogP contribution in [-0.2, 0) is 36.9 Å². The first-order chi connectivity index (χ1) is 19.9. The number of carbonyl (C=O) groups is 3. The molecule has 0 aromatic heterocycles. The second kappa shape index (κ2) is 18.1. The van der Waals surface area contributed by atoms with Crippen LogP contribution in [0, 0.1) is 5.92 Å². The molecule has 0 aliphatic rings. The lowest BCUT2D eigenvalue weighted by molar-refractivity contribution is -0.148. The fourth-order valence-electron chi connectivity index (χ4n) is 4.61. The van der Waals surface area contributed by atoms with Crippen LogP contribution in [-0.4, -0.2) is 24.3 Å². The minimum Gasteiger partial charge on any atom is -0.466 e. The SMILES string of the molecule is CCCCOC(=O)CCCCCCC(=O)[C@@H](CC(=O)OCc1ccccc1)Cc1ccc(-c2cccc(Cl)c2)cc1. The summed E-state index contributed by atoms with van der Waals surface area (Å²) in [4.78, 5) is 37.8. The van der Waals surface area contributed by atoms with Gasteiger partial charge in [0.25, 0.3) is 0 Å². The zero-order valence-electron chi connectivity index (χ0n) is 24.0. The number of ether oxygens (including phenoxy) is 2. The van der Waals surface area contributed by atoms with E-state index in [4.69, 9.17) is 21.1 Å². The molecule has 0 saturated heterocycles. The van der Waals surface area contributed by atoms with E-state index in [9.17, 15) is 14.4 Å². The molecule has 0 aliphatic heterocycles. The number of ketones is 1. The van der Waals surface area contributed by atoms with E-state index in [1.807, 2.05) is 78.9 Å². The zero-order chi connectivity index (χ0) is 29.3. The molecule has 218 valence electrons. The number of unbranched alkanes of at least 4 members (excludes halogenated alkanes) is 4. The molecule has 0 amide bonds. The first kappa shape index (κ1) is 32.1. The van der Waals surface area contributed by atoms with Gasteiger partial charge < -0.3 is 9.47 Å². The van der Waals surface area contributed by atoms with Crippen molar-refractivity contribution in [3.8, 4) is 11.1 Å². The van der Waals surface area contributed by atoms with Crippen LogP contribution < -0.4 is 0 Å². The third-order valence-corrected chi connectivity index (χ3v) is 7.26. The number of halogens is 1. The zero-order valence-corrected chi connectivity index (χ0v) is 24.7. The summed E-state index contributed by atoms with van der Waals surface area (Å²) in [6.45, 7) is 2.74. The summed E-state index contributed by atoms with van der Waals surface area (Å²) >= 11 is 6.15. The first-order valence-electron chi connectivity index (χ1n) is 14.7. The van der Waals surface area contributed by atoms with Crippen LogP contribution in [0.2, 0.25) is 5.02 Å². The lowest BCUT2D eigenvalue weighted by atomic mass is 9.89. The summed E-state index contributed by atoms with van der Waals surface area (Å²) in [6.07, 6.45) is 6.43. The second-order valence-corrected chi connectivity index (χ2v) is 10.8. The Hall–Kier alpha value is -3.44. The Morgan fingerprint density at radius 1 is 0.707 bits per heavy atom. The predicted molar refractivity (Wildman–Crippen MR) is 164 cm³/mol. The molecular formula is C35H41ClO5. The fraction of sp³-hybridized carbons (Fsp3) is 0.400.